The van der Waals surface area contributed by atoms with E-state index < -0.39 is 36.0 Å². The van der Waals surface area contributed by atoms with Crippen molar-refractivity contribution in [1.82, 2.24) is 29.7 Å². The molecule has 0 bridgehead atoms. The van der Waals surface area contributed by atoms with Gasteiger partial charge in [-0.05, 0) is 6.92 Å². The van der Waals surface area contributed by atoms with Crippen LogP contribution in [-0.2, 0) is 15.4 Å². The van der Waals surface area contributed by atoms with Crippen molar-refractivity contribution < 1.29 is 24.9 Å². The number of ketones is 1. The van der Waals surface area contributed by atoms with E-state index in [0.717, 1.165) is 0 Å². The van der Waals surface area contributed by atoms with Gasteiger partial charge >= 0.3 is 0 Å². The number of aliphatic hydroxyl groups excluding tert-OH is 2. The molecule has 6 N–H and O–H groups in total. The molecule has 0 spiro atoms. The first-order valence-corrected chi connectivity index (χ1v) is 8.97. The van der Waals surface area contributed by atoms with Gasteiger partial charge in [-0.2, -0.15) is 0 Å². The molecular formula is C16H23N7O5. The third-order valence-corrected chi connectivity index (χ3v) is 5.54. The number of nitrogens with two attached hydrogens (primary N) is 1. The summed E-state index contributed by atoms with van der Waals surface area (Å²) in [5, 5.41) is 35.3. The van der Waals surface area contributed by atoms with Crippen LogP contribution in [0.4, 0.5) is 5.82 Å². The average molecular weight is 393 g/mol. The Kier molecular flexibility index (Phi) is 4.56. The lowest BCUT2D eigenvalue weighted by Crippen LogP contribution is -2.71. The van der Waals surface area contributed by atoms with Crippen LogP contribution >= 0.6 is 0 Å². The molecule has 2 saturated heterocycles. The van der Waals surface area contributed by atoms with Crippen LogP contribution in [0.5, 0.6) is 0 Å². The number of aromatic nitrogens is 4. The molecule has 0 unspecified atom stereocenters. The highest BCUT2D eigenvalue weighted by atomic mass is 16.6. The predicted molar refractivity (Wildman–Crippen MR) is 95.7 cm³/mol. The summed E-state index contributed by atoms with van der Waals surface area (Å²) in [5.41, 5.74) is 4.01. The number of nitrogens with one attached hydrogen (secondary N) is 1. The SMILES string of the molecule is CC(=O)[C@@]1(O)[C@H](O)[C@@H](CO)O[C@@]1(N1CCNCC1)n1cnc2c(N)ncnc21. The highest BCUT2D eigenvalue weighted by molar-refractivity contribution is 5.88. The summed E-state index contributed by atoms with van der Waals surface area (Å²) < 4.78 is 7.46. The molecule has 0 aromatic carbocycles. The minimum absolute atomic E-state index is 0.128. The zero-order valence-electron chi connectivity index (χ0n) is 15.3. The van der Waals surface area contributed by atoms with Crippen molar-refractivity contribution in [2.45, 2.75) is 30.6 Å². The van der Waals surface area contributed by atoms with Crippen molar-refractivity contribution in [2.24, 2.45) is 0 Å². The third kappa shape index (κ3) is 2.33. The predicted octanol–water partition coefficient (Wildman–Crippen LogP) is -3.00. The number of piperazine rings is 1. The van der Waals surface area contributed by atoms with Crippen LogP contribution in [0.1, 0.15) is 6.92 Å². The minimum Gasteiger partial charge on any atom is -0.394 e. The molecule has 152 valence electrons. The van der Waals surface area contributed by atoms with Crippen LogP contribution in [0.3, 0.4) is 0 Å². The monoisotopic (exact) mass is 393 g/mol. The molecule has 0 radical (unpaired) electrons. The van der Waals surface area contributed by atoms with Crippen molar-refractivity contribution in [1.29, 1.82) is 0 Å². The second kappa shape index (κ2) is 6.69. The molecular weight excluding hydrogens is 370 g/mol. The third-order valence-electron chi connectivity index (χ3n) is 5.54. The maximum absolute atomic E-state index is 12.7. The number of nitrogen functional groups attached to an aromatic ring is 1. The van der Waals surface area contributed by atoms with Gasteiger partial charge in [-0.1, -0.05) is 0 Å². The van der Waals surface area contributed by atoms with Gasteiger partial charge in [-0.15, -0.1) is 0 Å². The summed E-state index contributed by atoms with van der Waals surface area (Å²) in [5.74, 6) is -2.45. The topological polar surface area (TPSA) is 172 Å². The van der Waals surface area contributed by atoms with Crippen LogP contribution in [0.2, 0.25) is 0 Å². The molecule has 4 heterocycles. The van der Waals surface area contributed by atoms with Crippen molar-refractivity contribution in [3.8, 4) is 0 Å². The maximum atomic E-state index is 12.7. The van der Waals surface area contributed by atoms with Crippen LogP contribution in [0.15, 0.2) is 12.7 Å². The fourth-order valence-electron chi connectivity index (χ4n) is 4.15. The largest absolute Gasteiger partial charge is 0.394 e. The van der Waals surface area contributed by atoms with Gasteiger partial charge in [0, 0.05) is 26.2 Å². The highest BCUT2D eigenvalue weighted by Gasteiger charge is 2.72. The Morgan fingerprint density at radius 3 is 2.75 bits per heavy atom. The van der Waals surface area contributed by atoms with E-state index in [0.29, 0.717) is 26.2 Å². The first-order chi connectivity index (χ1) is 13.4. The van der Waals surface area contributed by atoms with Gasteiger partial charge < -0.3 is 31.1 Å². The molecule has 2 aromatic rings. The number of rotatable bonds is 4. The lowest BCUT2D eigenvalue weighted by Gasteiger charge is -2.49. The Hall–Kier alpha value is -2.22. The Labute approximate surface area is 160 Å². The molecule has 12 heteroatoms. The first-order valence-electron chi connectivity index (χ1n) is 8.97. The Balaban J connectivity index is 2.02. The van der Waals surface area contributed by atoms with E-state index in [4.69, 9.17) is 10.5 Å². The van der Waals surface area contributed by atoms with Gasteiger partial charge in [0.05, 0.1) is 6.61 Å². The summed E-state index contributed by atoms with van der Waals surface area (Å²) >= 11 is 0. The fourth-order valence-corrected chi connectivity index (χ4v) is 4.15. The molecule has 2 aliphatic rings. The number of anilines is 1. The number of carbonyl (C=O) groups excluding carboxylic acids is 1. The molecule has 28 heavy (non-hydrogen) atoms. The summed E-state index contributed by atoms with van der Waals surface area (Å²) in [6.07, 6.45) is -0.275. The van der Waals surface area contributed by atoms with E-state index in [1.165, 1.54) is 24.1 Å². The molecule has 0 amide bonds. The summed E-state index contributed by atoms with van der Waals surface area (Å²) in [6, 6.07) is 0. The summed E-state index contributed by atoms with van der Waals surface area (Å²) in [6.45, 7) is 2.53. The quantitative estimate of drug-likeness (QED) is 0.358. The Bertz CT molecular complexity index is 901. The van der Waals surface area contributed by atoms with Crippen molar-refractivity contribution in [3.05, 3.63) is 12.7 Å². The number of aliphatic hydroxyl groups is 3. The molecule has 2 aromatic heterocycles. The van der Waals surface area contributed by atoms with Crippen LogP contribution in [0, 0.1) is 0 Å². The van der Waals surface area contributed by atoms with E-state index >= 15 is 0 Å². The standard InChI is InChI=1S/C16H23N7O5/c1-9(25)15(27)12(26)10(6-24)28-16(15,22-4-2-18-3-5-22)23-8-21-11-13(17)19-7-20-14(11)23/h7-8,10,12,18,24,26-27H,2-6H2,1H3,(H2,17,19,20)/t10-,12-,15-,16+/m1/s1. The summed E-state index contributed by atoms with van der Waals surface area (Å²) in [4.78, 5) is 26.8. The lowest BCUT2D eigenvalue weighted by atomic mass is 9.85. The van der Waals surface area contributed by atoms with Crippen molar-refractivity contribution >= 4 is 22.8 Å². The number of imidazole rings is 1. The number of nitrogens with zero attached hydrogens (tertiary/aromatic N) is 5. The van der Waals surface area contributed by atoms with E-state index in [9.17, 15) is 20.1 Å². The van der Waals surface area contributed by atoms with Crippen molar-refractivity contribution in [2.75, 3.05) is 38.5 Å². The maximum Gasteiger partial charge on any atom is 0.247 e. The van der Waals surface area contributed by atoms with E-state index in [1.807, 2.05) is 0 Å². The van der Waals surface area contributed by atoms with Crippen LogP contribution in [0.25, 0.3) is 11.2 Å². The van der Waals surface area contributed by atoms with Gasteiger partial charge in [0.2, 0.25) is 11.4 Å². The number of hydrogen-bond donors (Lipinski definition) is 5. The molecule has 0 saturated carbocycles. The number of fused-ring (bicyclic) bond motifs is 1. The smallest absolute Gasteiger partial charge is 0.247 e. The van der Waals surface area contributed by atoms with E-state index in [1.54, 1.807) is 4.90 Å². The zero-order valence-corrected chi connectivity index (χ0v) is 15.3. The highest BCUT2D eigenvalue weighted by Crippen LogP contribution is 2.48. The van der Waals surface area contributed by atoms with Gasteiger partial charge in [0.15, 0.2) is 17.2 Å². The molecule has 2 aliphatic heterocycles. The molecule has 2 fully saturated rings. The van der Waals surface area contributed by atoms with Crippen molar-refractivity contribution in [3.63, 3.8) is 0 Å². The molecule has 12 nitrogen and oxygen atoms in total. The Morgan fingerprint density at radius 2 is 2.11 bits per heavy atom. The molecule has 4 atom stereocenters. The second-order valence-electron chi connectivity index (χ2n) is 7.00. The van der Waals surface area contributed by atoms with Gasteiger partial charge in [0.1, 0.15) is 30.4 Å². The zero-order chi connectivity index (χ0) is 20.1. The molecule has 4 rings (SSSR count). The van der Waals surface area contributed by atoms with Gasteiger partial charge in [0.25, 0.3) is 0 Å². The number of hydrogen-bond acceptors (Lipinski definition) is 11. The van der Waals surface area contributed by atoms with E-state index in [2.05, 4.69) is 20.3 Å². The van der Waals surface area contributed by atoms with Crippen LogP contribution < -0.4 is 11.1 Å². The average Bonchev–Trinajstić information content (AvgIpc) is 3.23. The number of Topliss-reactive ketones (excluding diaryl/α,β-unsaturated/α-hetero) is 1. The molecule has 0 aliphatic carbocycles. The van der Waals surface area contributed by atoms with Gasteiger partial charge in [-0.25, -0.2) is 15.0 Å². The lowest BCUT2D eigenvalue weighted by molar-refractivity contribution is -0.272. The summed E-state index contributed by atoms with van der Waals surface area (Å²) in [7, 11) is 0. The van der Waals surface area contributed by atoms with Gasteiger partial charge in [-0.3, -0.25) is 14.3 Å². The van der Waals surface area contributed by atoms with E-state index in [-0.39, 0.29) is 17.0 Å². The number of ether oxygens (including phenoxy) is 1. The number of carbonyl (C=O) groups is 1. The Morgan fingerprint density at radius 1 is 1.39 bits per heavy atom. The normalized spacial score (nSPS) is 34.1. The second-order valence-corrected chi connectivity index (χ2v) is 7.00. The minimum atomic E-state index is -2.38. The first kappa shape index (κ1) is 19.1. The van der Waals surface area contributed by atoms with Crippen LogP contribution in [-0.4, -0.2) is 96.1 Å². The fraction of sp³-hybridized carbons (Fsp3) is 0.625.